The van der Waals surface area contributed by atoms with Gasteiger partial charge in [-0.2, -0.15) is 4.99 Å². The summed E-state index contributed by atoms with van der Waals surface area (Å²) in [5, 5.41) is 0.880. The highest BCUT2D eigenvalue weighted by Crippen LogP contribution is 2.33. The van der Waals surface area contributed by atoms with Crippen molar-refractivity contribution < 1.29 is 18.7 Å². The molecule has 27 heavy (non-hydrogen) atoms. The summed E-state index contributed by atoms with van der Waals surface area (Å²) in [6, 6.07) is 13.0. The first kappa shape index (κ1) is 17.4. The Morgan fingerprint density at radius 3 is 2.59 bits per heavy atom. The summed E-state index contributed by atoms with van der Waals surface area (Å²) in [6.07, 6.45) is 0. The van der Waals surface area contributed by atoms with Crippen molar-refractivity contribution in [3.05, 3.63) is 53.0 Å². The third kappa shape index (κ3) is 3.00. The Balaban J connectivity index is 1.85. The van der Waals surface area contributed by atoms with Gasteiger partial charge in [0.25, 0.3) is 0 Å². The van der Waals surface area contributed by atoms with Crippen LogP contribution >= 0.6 is 11.3 Å². The van der Waals surface area contributed by atoms with Crippen LogP contribution in [0.25, 0.3) is 21.2 Å². The molecule has 2 aromatic heterocycles. The van der Waals surface area contributed by atoms with E-state index < -0.39 is 5.91 Å². The lowest BCUT2D eigenvalue weighted by atomic mass is 10.2. The molecule has 0 bridgehead atoms. The fourth-order valence-electron chi connectivity index (χ4n) is 3.02. The number of ether oxygens (including phenoxy) is 2. The number of hydrogen-bond donors (Lipinski definition) is 0. The molecule has 0 aliphatic rings. The molecule has 0 saturated heterocycles. The number of nitrogens with zero attached hydrogens (tertiary/aromatic N) is 2. The second-order valence-corrected chi connectivity index (χ2v) is 6.88. The monoisotopic (exact) mass is 382 g/mol. The number of thiazole rings is 1. The predicted molar refractivity (Wildman–Crippen MR) is 105 cm³/mol. The predicted octanol–water partition coefficient (Wildman–Crippen LogP) is 4.23. The number of para-hydroxylation sites is 1. The molecule has 0 unspecified atom stereocenters. The number of benzene rings is 2. The van der Waals surface area contributed by atoms with Crippen molar-refractivity contribution in [3.63, 3.8) is 0 Å². The maximum atomic E-state index is 12.7. The zero-order valence-corrected chi connectivity index (χ0v) is 16.0. The summed E-state index contributed by atoms with van der Waals surface area (Å²) < 4.78 is 19.3. The van der Waals surface area contributed by atoms with Crippen LogP contribution in [0.4, 0.5) is 0 Å². The van der Waals surface area contributed by atoms with Gasteiger partial charge in [0.1, 0.15) is 5.58 Å². The summed E-state index contributed by atoms with van der Waals surface area (Å²) in [5.41, 5.74) is 1.61. The molecular weight excluding hydrogens is 364 g/mol. The standard InChI is InChI=1S/C20H18N2O4S/c1-4-22-13-10-15(24-2)16(25-3)11-18(13)27-20(22)21-19(23)17-9-12-7-5-6-8-14(12)26-17/h5-11H,4H2,1-3H3. The number of aromatic nitrogens is 1. The van der Waals surface area contributed by atoms with E-state index in [1.165, 1.54) is 11.3 Å². The molecule has 0 aliphatic heterocycles. The van der Waals surface area contributed by atoms with Crippen molar-refractivity contribution in [2.24, 2.45) is 4.99 Å². The number of fused-ring (bicyclic) bond motifs is 2. The maximum Gasteiger partial charge on any atom is 0.315 e. The molecule has 4 rings (SSSR count). The molecule has 138 valence electrons. The fourth-order valence-corrected chi connectivity index (χ4v) is 4.12. The van der Waals surface area contributed by atoms with Crippen LogP contribution in [0.5, 0.6) is 11.5 Å². The van der Waals surface area contributed by atoms with E-state index in [0.29, 0.717) is 28.4 Å². The average Bonchev–Trinajstić information content (AvgIpc) is 3.27. The van der Waals surface area contributed by atoms with Crippen molar-refractivity contribution in [2.45, 2.75) is 13.5 Å². The van der Waals surface area contributed by atoms with E-state index in [-0.39, 0.29) is 5.76 Å². The molecule has 1 amide bonds. The Kier molecular flexibility index (Phi) is 4.45. The van der Waals surface area contributed by atoms with Crippen LogP contribution in [-0.2, 0) is 6.54 Å². The minimum absolute atomic E-state index is 0.228. The van der Waals surface area contributed by atoms with Crippen LogP contribution < -0.4 is 14.3 Å². The zero-order valence-electron chi connectivity index (χ0n) is 15.2. The molecular formula is C20H18N2O4S. The Labute approximate surface area is 159 Å². The number of hydrogen-bond acceptors (Lipinski definition) is 5. The van der Waals surface area contributed by atoms with Gasteiger partial charge in [0.2, 0.25) is 0 Å². The van der Waals surface area contributed by atoms with Gasteiger partial charge in [-0.15, -0.1) is 0 Å². The molecule has 2 aromatic carbocycles. The molecule has 0 spiro atoms. The van der Waals surface area contributed by atoms with Crippen LogP contribution in [0.3, 0.4) is 0 Å². The summed E-state index contributed by atoms with van der Waals surface area (Å²) in [4.78, 5) is 17.6. The van der Waals surface area contributed by atoms with E-state index >= 15 is 0 Å². The first-order chi connectivity index (χ1) is 13.1. The number of carbonyl (C=O) groups is 1. The van der Waals surface area contributed by atoms with Crippen LogP contribution in [0.2, 0.25) is 0 Å². The van der Waals surface area contributed by atoms with E-state index in [1.54, 1.807) is 20.3 Å². The molecule has 0 atom stereocenters. The zero-order chi connectivity index (χ0) is 19.0. The van der Waals surface area contributed by atoms with E-state index in [0.717, 1.165) is 15.6 Å². The Morgan fingerprint density at radius 1 is 1.15 bits per heavy atom. The molecule has 0 radical (unpaired) electrons. The second kappa shape index (κ2) is 6.92. The molecule has 6 nitrogen and oxygen atoms in total. The van der Waals surface area contributed by atoms with Crippen molar-refractivity contribution >= 4 is 38.4 Å². The highest BCUT2D eigenvalue weighted by atomic mass is 32.1. The van der Waals surface area contributed by atoms with Gasteiger partial charge in [0.05, 0.1) is 24.4 Å². The maximum absolute atomic E-state index is 12.7. The minimum atomic E-state index is -0.404. The number of methoxy groups -OCH3 is 2. The molecule has 0 N–H and O–H groups in total. The van der Waals surface area contributed by atoms with Crippen molar-refractivity contribution in [1.82, 2.24) is 4.57 Å². The van der Waals surface area contributed by atoms with E-state index in [9.17, 15) is 4.79 Å². The number of rotatable bonds is 4. The van der Waals surface area contributed by atoms with Gasteiger partial charge in [-0.05, 0) is 19.1 Å². The van der Waals surface area contributed by atoms with Crippen LogP contribution in [0, 0.1) is 0 Å². The summed E-state index contributed by atoms with van der Waals surface area (Å²) in [5.74, 6) is 1.11. The van der Waals surface area contributed by atoms with Gasteiger partial charge in [-0.25, -0.2) is 0 Å². The lowest BCUT2D eigenvalue weighted by Crippen LogP contribution is -2.15. The molecule has 0 aliphatic carbocycles. The first-order valence-electron chi connectivity index (χ1n) is 8.47. The van der Waals surface area contributed by atoms with Gasteiger partial charge < -0.3 is 18.5 Å². The van der Waals surface area contributed by atoms with Gasteiger partial charge >= 0.3 is 5.91 Å². The molecule has 0 fully saturated rings. The Bertz CT molecular complexity index is 1180. The average molecular weight is 382 g/mol. The SMILES string of the molecule is CCn1c(=NC(=O)c2cc3ccccc3o2)sc2cc(OC)c(OC)cc21. The highest BCUT2D eigenvalue weighted by molar-refractivity contribution is 7.16. The van der Waals surface area contributed by atoms with E-state index in [1.807, 2.05) is 47.9 Å². The quantitative estimate of drug-likeness (QED) is 0.530. The number of carbonyl (C=O) groups excluding carboxylic acids is 1. The third-order valence-corrected chi connectivity index (χ3v) is 5.38. The first-order valence-corrected chi connectivity index (χ1v) is 9.29. The van der Waals surface area contributed by atoms with Gasteiger partial charge in [0.15, 0.2) is 22.1 Å². The van der Waals surface area contributed by atoms with Gasteiger partial charge in [-0.1, -0.05) is 29.5 Å². The Morgan fingerprint density at radius 2 is 1.89 bits per heavy atom. The summed E-state index contributed by atoms with van der Waals surface area (Å²) >= 11 is 1.43. The highest BCUT2D eigenvalue weighted by Gasteiger charge is 2.15. The smallest absolute Gasteiger partial charge is 0.315 e. The van der Waals surface area contributed by atoms with Gasteiger partial charge in [-0.3, -0.25) is 4.79 Å². The van der Waals surface area contributed by atoms with Crippen molar-refractivity contribution in [3.8, 4) is 11.5 Å². The van der Waals surface area contributed by atoms with E-state index in [4.69, 9.17) is 13.9 Å². The second-order valence-electron chi connectivity index (χ2n) is 5.87. The summed E-state index contributed by atoms with van der Waals surface area (Å²) in [7, 11) is 3.20. The summed E-state index contributed by atoms with van der Waals surface area (Å²) in [6.45, 7) is 2.68. The van der Waals surface area contributed by atoms with Crippen LogP contribution in [-0.4, -0.2) is 24.7 Å². The molecule has 2 heterocycles. The number of amides is 1. The van der Waals surface area contributed by atoms with Gasteiger partial charge in [0, 0.05) is 24.1 Å². The lowest BCUT2D eigenvalue weighted by molar-refractivity contribution is 0.0973. The van der Waals surface area contributed by atoms with E-state index in [2.05, 4.69) is 4.99 Å². The molecule has 0 saturated carbocycles. The topological polar surface area (TPSA) is 66.0 Å². The Hall–Kier alpha value is -3.06. The van der Waals surface area contributed by atoms with Crippen molar-refractivity contribution in [2.75, 3.05) is 14.2 Å². The van der Waals surface area contributed by atoms with Crippen LogP contribution in [0.15, 0.2) is 51.9 Å². The number of aryl methyl sites for hydroxylation is 1. The number of furan rings is 1. The van der Waals surface area contributed by atoms with Crippen molar-refractivity contribution in [1.29, 1.82) is 0 Å². The normalized spacial score (nSPS) is 12.0. The largest absolute Gasteiger partial charge is 0.493 e. The fraction of sp³-hybridized carbons (Fsp3) is 0.200. The third-order valence-electron chi connectivity index (χ3n) is 4.34. The molecule has 4 aromatic rings. The lowest BCUT2D eigenvalue weighted by Gasteiger charge is -2.08. The van der Waals surface area contributed by atoms with Crippen LogP contribution in [0.1, 0.15) is 17.5 Å². The molecule has 7 heteroatoms. The minimum Gasteiger partial charge on any atom is -0.493 e.